The van der Waals surface area contributed by atoms with Crippen LogP contribution < -0.4 is 10.1 Å². The van der Waals surface area contributed by atoms with Gasteiger partial charge in [0.25, 0.3) is 5.91 Å². The first kappa shape index (κ1) is 16.0. The molecule has 6 nitrogen and oxygen atoms in total. The van der Waals surface area contributed by atoms with E-state index in [0.29, 0.717) is 27.9 Å². The van der Waals surface area contributed by atoms with Gasteiger partial charge in [0, 0.05) is 12.3 Å². The van der Waals surface area contributed by atoms with E-state index in [2.05, 4.69) is 10.3 Å². The summed E-state index contributed by atoms with van der Waals surface area (Å²) in [6.07, 6.45) is 1.43. The normalized spacial score (nSPS) is 10.1. The van der Waals surface area contributed by atoms with Crippen LogP contribution in [-0.2, 0) is 4.74 Å². The number of methoxy groups -OCH3 is 1. The number of nitrogens with zero attached hydrogens (tertiary/aromatic N) is 1. The SMILES string of the molecule is CCOC(=O)c1sc(NC(=O)c2ccc(OC)nc2)cc1C. The van der Waals surface area contributed by atoms with Crippen molar-refractivity contribution in [2.24, 2.45) is 0 Å². The van der Waals surface area contributed by atoms with E-state index in [1.807, 2.05) is 0 Å². The number of hydrogen-bond acceptors (Lipinski definition) is 6. The maximum Gasteiger partial charge on any atom is 0.348 e. The lowest BCUT2D eigenvalue weighted by Gasteiger charge is -2.03. The standard InChI is InChI=1S/C15H16N2O4S/c1-4-21-15(19)13-9(2)7-12(22-13)17-14(18)10-5-6-11(20-3)16-8-10/h5-8H,4H2,1-3H3,(H,17,18). The number of thiophene rings is 1. The van der Waals surface area contributed by atoms with Crippen LogP contribution in [0.2, 0.25) is 0 Å². The van der Waals surface area contributed by atoms with Crippen molar-refractivity contribution in [2.75, 3.05) is 19.0 Å². The van der Waals surface area contributed by atoms with Crippen LogP contribution in [0.1, 0.15) is 32.5 Å². The Hall–Kier alpha value is -2.41. The van der Waals surface area contributed by atoms with Crippen LogP contribution in [0.15, 0.2) is 24.4 Å². The number of anilines is 1. The highest BCUT2D eigenvalue weighted by atomic mass is 32.1. The Bertz CT molecular complexity index is 679. The summed E-state index contributed by atoms with van der Waals surface area (Å²) in [5.74, 6) is -0.239. The van der Waals surface area contributed by atoms with E-state index in [4.69, 9.17) is 9.47 Å². The highest BCUT2D eigenvalue weighted by molar-refractivity contribution is 7.18. The van der Waals surface area contributed by atoms with E-state index in [1.165, 1.54) is 24.6 Å². The molecule has 0 aliphatic heterocycles. The lowest BCUT2D eigenvalue weighted by Crippen LogP contribution is -2.11. The smallest absolute Gasteiger partial charge is 0.348 e. The largest absolute Gasteiger partial charge is 0.481 e. The first-order valence-electron chi connectivity index (χ1n) is 6.64. The fourth-order valence-electron chi connectivity index (χ4n) is 1.76. The summed E-state index contributed by atoms with van der Waals surface area (Å²) in [7, 11) is 1.51. The maximum atomic E-state index is 12.1. The van der Waals surface area contributed by atoms with Crippen molar-refractivity contribution in [3.63, 3.8) is 0 Å². The maximum absolute atomic E-state index is 12.1. The molecule has 2 aromatic rings. The lowest BCUT2D eigenvalue weighted by molar-refractivity contribution is 0.0531. The molecule has 0 aliphatic rings. The number of carbonyl (C=O) groups excluding carboxylic acids is 2. The van der Waals surface area contributed by atoms with Gasteiger partial charge in [-0.25, -0.2) is 9.78 Å². The van der Waals surface area contributed by atoms with Crippen molar-refractivity contribution in [2.45, 2.75) is 13.8 Å². The van der Waals surface area contributed by atoms with Gasteiger partial charge in [-0.3, -0.25) is 4.79 Å². The fourth-order valence-corrected chi connectivity index (χ4v) is 2.72. The summed E-state index contributed by atoms with van der Waals surface area (Å²) in [5.41, 5.74) is 1.18. The Morgan fingerprint density at radius 2 is 2.14 bits per heavy atom. The molecule has 0 aromatic carbocycles. The van der Waals surface area contributed by atoms with E-state index < -0.39 is 0 Å². The number of rotatable bonds is 5. The van der Waals surface area contributed by atoms with Crippen LogP contribution in [-0.4, -0.2) is 30.6 Å². The average Bonchev–Trinajstić information content (AvgIpc) is 2.88. The summed E-state index contributed by atoms with van der Waals surface area (Å²) in [4.78, 5) is 28.4. The molecule has 0 spiro atoms. The predicted molar refractivity (Wildman–Crippen MR) is 83.8 cm³/mol. The van der Waals surface area contributed by atoms with Crippen molar-refractivity contribution in [3.8, 4) is 5.88 Å². The molecular weight excluding hydrogens is 304 g/mol. The van der Waals surface area contributed by atoms with E-state index in [0.717, 1.165) is 5.56 Å². The fraction of sp³-hybridized carbons (Fsp3) is 0.267. The molecule has 0 unspecified atom stereocenters. The van der Waals surface area contributed by atoms with E-state index in [-0.39, 0.29) is 11.9 Å². The Morgan fingerprint density at radius 3 is 2.73 bits per heavy atom. The highest BCUT2D eigenvalue weighted by Crippen LogP contribution is 2.27. The quantitative estimate of drug-likeness (QED) is 0.857. The van der Waals surface area contributed by atoms with Crippen molar-refractivity contribution < 1.29 is 19.1 Å². The van der Waals surface area contributed by atoms with Gasteiger partial charge in [-0.1, -0.05) is 0 Å². The molecule has 2 rings (SSSR count). The number of nitrogens with one attached hydrogen (secondary N) is 1. The van der Waals surface area contributed by atoms with Gasteiger partial charge in [0.1, 0.15) is 4.88 Å². The van der Waals surface area contributed by atoms with E-state index >= 15 is 0 Å². The van der Waals surface area contributed by atoms with Crippen LogP contribution in [0.5, 0.6) is 5.88 Å². The van der Waals surface area contributed by atoms with Gasteiger partial charge >= 0.3 is 5.97 Å². The molecule has 0 atom stereocenters. The predicted octanol–water partition coefficient (Wildman–Crippen LogP) is 2.89. The van der Waals surface area contributed by atoms with Gasteiger partial charge < -0.3 is 14.8 Å². The van der Waals surface area contributed by atoms with Crippen LogP contribution in [0, 0.1) is 6.92 Å². The molecule has 0 fully saturated rings. The van der Waals surface area contributed by atoms with Gasteiger partial charge in [-0.2, -0.15) is 0 Å². The number of aryl methyl sites for hydroxylation is 1. The number of carbonyl (C=O) groups is 2. The minimum Gasteiger partial charge on any atom is -0.481 e. The first-order valence-corrected chi connectivity index (χ1v) is 7.45. The molecule has 0 saturated heterocycles. The third-order valence-corrected chi connectivity index (χ3v) is 3.96. The Morgan fingerprint density at radius 1 is 1.36 bits per heavy atom. The molecule has 0 saturated carbocycles. The second-order valence-electron chi connectivity index (χ2n) is 4.39. The van der Waals surface area contributed by atoms with Crippen LogP contribution in [0.3, 0.4) is 0 Å². The Labute approximate surface area is 132 Å². The zero-order valence-electron chi connectivity index (χ0n) is 12.5. The molecule has 0 aliphatic carbocycles. The molecule has 2 aromatic heterocycles. The van der Waals surface area contributed by atoms with Gasteiger partial charge in [0.05, 0.1) is 24.3 Å². The summed E-state index contributed by atoms with van der Waals surface area (Å²) in [6, 6.07) is 4.97. The van der Waals surface area contributed by atoms with Gasteiger partial charge in [-0.15, -0.1) is 11.3 Å². The van der Waals surface area contributed by atoms with E-state index in [1.54, 1.807) is 32.0 Å². The summed E-state index contributed by atoms with van der Waals surface area (Å²) in [5, 5.41) is 3.33. The summed E-state index contributed by atoms with van der Waals surface area (Å²) in [6.45, 7) is 3.86. The van der Waals surface area contributed by atoms with Crippen molar-refractivity contribution in [1.29, 1.82) is 0 Å². The Kier molecular flexibility index (Phi) is 5.11. The van der Waals surface area contributed by atoms with Crippen molar-refractivity contribution >= 4 is 28.2 Å². The number of ether oxygens (including phenoxy) is 2. The molecule has 1 amide bonds. The highest BCUT2D eigenvalue weighted by Gasteiger charge is 2.16. The summed E-state index contributed by atoms with van der Waals surface area (Å²) < 4.78 is 9.92. The second kappa shape index (κ2) is 7.04. The number of pyridine rings is 1. The molecule has 0 radical (unpaired) electrons. The van der Waals surface area contributed by atoms with Crippen LogP contribution >= 0.6 is 11.3 Å². The minimum absolute atomic E-state index is 0.299. The van der Waals surface area contributed by atoms with Gasteiger partial charge in [0.2, 0.25) is 5.88 Å². The topological polar surface area (TPSA) is 77.5 Å². The van der Waals surface area contributed by atoms with Crippen molar-refractivity contribution in [1.82, 2.24) is 4.98 Å². The summed E-state index contributed by atoms with van der Waals surface area (Å²) >= 11 is 1.19. The third kappa shape index (κ3) is 3.62. The van der Waals surface area contributed by atoms with Gasteiger partial charge in [0.15, 0.2) is 0 Å². The molecule has 22 heavy (non-hydrogen) atoms. The first-order chi connectivity index (χ1) is 10.5. The molecule has 116 valence electrons. The number of amides is 1. The molecule has 2 heterocycles. The lowest BCUT2D eigenvalue weighted by atomic mass is 10.2. The zero-order valence-corrected chi connectivity index (χ0v) is 13.3. The zero-order chi connectivity index (χ0) is 16.1. The molecule has 0 bridgehead atoms. The molecular formula is C15H16N2O4S. The minimum atomic E-state index is -0.378. The average molecular weight is 320 g/mol. The van der Waals surface area contributed by atoms with Crippen molar-refractivity contribution in [3.05, 3.63) is 40.4 Å². The molecule has 1 N–H and O–H groups in total. The Balaban J connectivity index is 2.11. The van der Waals surface area contributed by atoms with E-state index in [9.17, 15) is 9.59 Å². The number of esters is 1. The molecule has 7 heteroatoms. The second-order valence-corrected chi connectivity index (χ2v) is 5.44. The number of hydrogen-bond donors (Lipinski definition) is 1. The number of aromatic nitrogens is 1. The van der Waals surface area contributed by atoms with Gasteiger partial charge in [-0.05, 0) is 31.5 Å². The van der Waals surface area contributed by atoms with Crippen LogP contribution in [0.4, 0.5) is 5.00 Å². The van der Waals surface area contributed by atoms with Crippen LogP contribution in [0.25, 0.3) is 0 Å². The third-order valence-electron chi connectivity index (χ3n) is 2.82. The monoisotopic (exact) mass is 320 g/mol.